The van der Waals surface area contributed by atoms with E-state index in [-0.39, 0.29) is 25.2 Å². The first kappa shape index (κ1) is 20.0. The molecule has 0 aromatic heterocycles. The van der Waals surface area contributed by atoms with Crippen molar-refractivity contribution >= 4 is 6.09 Å². The second-order valence-electron chi connectivity index (χ2n) is 7.31. The molecule has 0 radical (unpaired) electrons. The van der Waals surface area contributed by atoms with E-state index < -0.39 is 6.09 Å². The lowest BCUT2D eigenvalue weighted by Crippen LogP contribution is -2.31. The summed E-state index contributed by atoms with van der Waals surface area (Å²) in [5, 5.41) is 12.3. The van der Waals surface area contributed by atoms with E-state index in [9.17, 15) is 9.90 Å². The molecule has 5 heteroatoms. The Bertz CT molecular complexity index is 987. The van der Waals surface area contributed by atoms with Gasteiger partial charge in [0.05, 0.1) is 13.2 Å². The van der Waals surface area contributed by atoms with Crippen LogP contribution in [0.4, 0.5) is 4.79 Å². The normalized spacial score (nSPS) is 13.3. The van der Waals surface area contributed by atoms with Gasteiger partial charge in [-0.2, -0.15) is 0 Å². The van der Waals surface area contributed by atoms with Crippen LogP contribution in [0, 0.1) is 0 Å². The Morgan fingerprint density at radius 3 is 2.30 bits per heavy atom. The Morgan fingerprint density at radius 2 is 1.67 bits per heavy atom. The summed E-state index contributed by atoms with van der Waals surface area (Å²) in [6.45, 7) is 0.204. The number of fused-ring (bicyclic) bond motifs is 3. The maximum atomic E-state index is 12.6. The highest BCUT2D eigenvalue weighted by Gasteiger charge is 2.29. The minimum atomic E-state index is -0.502. The number of hydrogen-bond donors (Lipinski definition) is 2. The third-order valence-electron chi connectivity index (χ3n) is 5.55. The Kier molecular flexibility index (Phi) is 6.00. The molecule has 0 bridgehead atoms. The predicted molar refractivity (Wildman–Crippen MR) is 116 cm³/mol. The molecule has 0 spiro atoms. The zero-order chi connectivity index (χ0) is 20.9. The predicted octanol–water partition coefficient (Wildman–Crippen LogP) is 4.66. The van der Waals surface area contributed by atoms with Crippen molar-refractivity contribution in [2.75, 3.05) is 20.3 Å². The number of rotatable bonds is 7. The van der Waals surface area contributed by atoms with Gasteiger partial charge < -0.3 is 19.9 Å². The van der Waals surface area contributed by atoms with Gasteiger partial charge in [-0.3, -0.25) is 0 Å². The van der Waals surface area contributed by atoms with Gasteiger partial charge in [0, 0.05) is 12.5 Å². The topological polar surface area (TPSA) is 67.8 Å². The molecular weight excluding hydrogens is 378 g/mol. The average Bonchev–Trinajstić information content (AvgIpc) is 3.11. The molecule has 1 amide bonds. The van der Waals surface area contributed by atoms with Crippen LogP contribution >= 0.6 is 0 Å². The van der Waals surface area contributed by atoms with Crippen molar-refractivity contribution in [3.63, 3.8) is 0 Å². The fourth-order valence-electron chi connectivity index (χ4n) is 4.09. The van der Waals surface area contributed by atoms with Crippen LogP contribution in [0.5, 0.6) is 5.75 Å². The highest BCUT2D eigenvalue weighted by Crippen LogP contribution is 2.44. The number of nitrogens with one attached hydrogen (secondary N) is 1. The largest absolute Gasteiger partial charge is 0.497 e. The maximum Gasteiger partial charge on any atom is 0.407 e. The SMILES string of the molecule is COc1cccc([C@@H](CCO)NC(=O)OCC2c3ccccc3-c3ccccc32)c1. The fourth-order valence-corrected chi connectivity index (χ4v) is 4.09. The number of hydrogen-bond acceptors (Lipinski definition) is 4. The summed E-state index contributed by atoms with van der Waals surface area (Å²) in [5.41, 5.74) is 5.59. The molecule has 1 aliphatic rings. The second kappa shape index (κ2) is 9.01. The number of carbonyl (C=O) groups excluding carboxylic acids is 1. The second-order valence-corrected chi connectivity index (χ2v) is 7.31. The highest BCUT2D eigenvalue weighted by atomic mass is 16.5. The van der Waals surface area contributed by atoms with Gasteiger partial charge in [0.2, 0.25) is 0 Å². The molecule has 1 aliphatic carbocycles. The Balaban J connectivity index is 1.46. The van der Waals surface area contributed by atoms with Crippen molar-refractivity contribution in [1.82, 2.24) is 5.32 Å². The van der Waals surface area contributed by atoms with E-state index in [4.69, 9.17) is 9.47 Å². The third kappa shape index (κ3) is 4.02. The van der Waals surface area contributed by atoms with E-state index in [0.29, 0.717) is 12.2 Å². The van der Waals surface area contributed by atoms with E-state index in [1.54, 1.807) is 7.11 Å². The molecule has 3 aromatic rings. The summed E-state index contributed by atoms with van der Waals surface area (Å²) in [7, 11) is 1.60. The van der Waals surface area contributed by atoms with Crippen LogP contribution in [-0.4, -0.2) is 31.5 Å². The summed E-state index contributed by atoms with van der Waals surface area (Å²) < 4.78 is 10.9. The van der Waals surface area contributed by atoms with Crippen LogP contribution in [0.25, 0.3) is 11.1 Å². The van der Waals surface area contributed by atoms with E-state index in [0.717, 1.165) is 5.56 Å². The van der Waals surface area contributed by atoms with Crippen molar-refractivity contribution in [2.24, 2.45) is 0 Å². The molecule has 3 aromatic carbocycles. The quantitative estimate of drug-likeness (QED) is 0.602. The number of carbonyl (C=O) groups is 1. The van der Waals surface area contributed by atoms with Gasteiger partial charge >= 0.3 is 6.09 Å². The molecule has 5 nitrogen and oxygen atoms in total. The minimum Gasteiger partial charge on any atom is -0.497 e. The van der Waals surface area contributed by atoms with E-state index in [2.05, 4.69) is 29.6 Å². The van der Waals surface area contributed by atoms with Gasteiger partial charge in [-0.25, -0.2) is 4.79 Å². The number of methoxy groups -OCH3 is 1. The first-order valence-corrected chi connectivity index (χ1v) is 10.1. The fraction of sp³-hybridized carbons (Fsp3) is 0.240. The molecule has 4 rings (SSSR count). The Hall–Kier alpha value is -3.31. The molecule has 1 atom stereocenters. The summed E-state index contributed by atoms with van der Waals surface area (Å²) in [4.78, 5) is 12.6. The molecule has 0 saturated carbocycles. The summed E-state index contributed by atoms with van der Waals surface area (Å²) >= 11 is 0. The maximum absolute atomic E-state index is 12.6. The molecule has 0 unspecified atom stereocenters. The Morgan fingerprint density at radius 1 is 1.00 bits per heavy atom. The van der Waals surface area contributed by atoms with Gasteiger partial charge in [-0.05, 0) is 46.4 Å². The van der Waals surface area contributed by atoms with E-state index >= 15 is 0 Å². The van der Waals surface area contributed by atoms with Crippen molar-refractivity contribution in [1.29, 1.82) is 0 Å². The number of aliphatic hydroxyl groups is 1. The van der Waals surface area contributed by atoms with Crippen LogP contribution in [-0.2, 0) is 4.74 Å². The van der Waals surface area contributed by atoms with Gasteiger partial charge in [-0.1, -0.05) is 60.7 Å². The number of aliphatic hydroxyl groups excluding tert-OH is 1. The van der Waals surface area contributed by atoms with Crippen LogP contribution in [0.15, 0.2) is 72.8 Å². The monoisotopic (exact) mass is 403 g/mol. The summed E-state index contributed by atoms with van der Waals surface area (Å²) in [6.07, 6.45) is -0.115. The zero-order valence-corrected chi connectivity index (χ0v) is 16.9. The standard InChI is InChI=1S/C25H25NO4/c1-29-18-8-6-7-17(15-18)24(13-14-27)26-25(28)30-16-23-21-11-4-2-9-19(21)20-10-3-5-12-22(20)23/h2-12,15,23-24,27H,13-14,16H2,1H3,(H,26,28)/t24-/m1/s1. The summed E-state index contributed by atoms with van der Waals surface area (Å²) in [6, 6.07) is 23.6. The third-order valence-corrected chi connectivity index (χ3v) is 5.55. The van der Waals surface area contributed by atoms with Crippen molar-refractivity contribution < 1.29 is 19.4 Å². The molecular formula is C25H25NO4. The molecule has 30 heavy (non-hydrogen) atoms. The number of alkyl carbamates (subject to hydrolysis) is 1. The molecule has 0 aliphatic heterocycles. The van der Waals surface area contributed by atoms with Gasteiger partial charge in [-0.15, -0.1) is 0 Å². The number of ether oxygens (including phenoxy) is 2. The van der Waals surface area contributed by atoms with Crippen LogP contribution in [0.1, 0.15) is 35.1 Å². The van der Waals surface area contributed by atoms with E-state index in [1.807, 2.05) is 48.5 Å². The smallest absolute Gasteiger partial charge is 0.407 e. The first-order valence-electron chi connectivity index (χ1n) is 10.1. The first-order chi connectivity index (χ1) is 14.7. The van der Waals surface area contributed by atoms with Gasteiger partial charge in [0.15, 0.2) is 0 Å². The number of benzene rings is 3. The minimum absolute atomic E-state index is 0.0104. The lowest BCUT2D eigenvalue weighted by Gasteiger charge is -2.20. The molecule has 2 N–H and O–H groups in total. The lowest BCUT2D eigenvalue weighted by atomic mass is 9.98. The Labute approximate surface area is 176 Å². The van der Waals surface area contributed by atoms with E-state index in [1.165, 1.54) is 22.3 Å². The summed E-state index contributed by atoms with van der Waals surface area (Å²) in [5.74, 6) is 0.709. The van der Waals surface area contributed by atoms with Crippen molar-refractivity contribution in [3.05, 3.63) is 89.5 Å². The molecule has 0 heterocycles. The van der Waals surface area contributed by atoms with Crippen LogP contribution in [0.3, 0.4) is 0 Å². The van der Waals surface area contributed by atoms with Gasteiger partial charge in [0.1, 0.15) is 12.4 Å². The van der Waals surface area contributed by atoms with Gasteiger partial charge in [0.25, 0.3) is 0 Å². The van der Waals surface area contributed by atoms with Crippen molar-refractivity contribution in [3.8, 4) is 16.9 Å². The van der Waals surface area contributed by atoms with Crippen molar-refractivity contribution in [2.45, 2.75) is 18.4 Å². The zero-order valence-electron chi connectivity index (χ0n) is 16.9. The highest BCUT2D eigenvalue weighted by molar-refractivity contribution is 5.79. The molecule has 154 valence electrons. The molecule has 0 saturated heterocycles. The van der Waals surface area contributed by atoms with Crippen LogP contribution in [0.2, 0.25) is 0 Å². The molecule has 0 fully saturated rings. The average molecular weight is 403 g/mol. The lowest BCUT2D eigenvalue weighted by molar-refractivity contribution is 0.136. The number of amides is 1. The van der Waals surface area contributed by atoms with Crippen LogP contribution < -0.4 is 10.1 Å².